The van der Waals surface area contributed by atoms with Crippen LogP contribution in [0, 0.1) is 0 Å². The molecule has 1 N–H and O–H groups in total. The number of aliphatic hydroxyl groups is 1. The maximum Gasteiger partial charge on any atom is 0.116 e. The lowest BCUT2D eigenvalue weighted by molar-refractivity contribution is -0.893. The van der Waals surface area contributed by atoms with Gasteiger partial charge in [-0.05, 0) is 12.8 Å². The molecule has 0 amide bonds. The molecular formula is C18H39Cl2NO. The first-order chi connectivity index (χ1) is 10.0. The third kappa shape index (κ3) is 16.9. The van der Waals surface area contributed by atoms with E-state index in [4.69, 9.17) is 11.6 Å². The van der Waals surface area contributed by atoms with Crippen molar-refractivity contribution in [1.29, 1.82) is 0 Å². The Labute approximate surface area is 150 Å². The van der Waals surface area contributed by atoms with E-state index in [1.54, 1.807) is 0 Å². The number of rotatable bonds is 15. The molecule has 0 saturated heterocycles. The van der Waals surface area contributed by atoms with Gasteiger partial charge in [0.1, 0.15) is 12.6 Å². The van der Waals surface area contributed by atoms with Crippen molar-refractivity contribution in [2.75, 3.05) is 33.1 Å². The molecule has 0 aliphatic rings. The molecule has 0 saturated carbocycles. The van der Waals surface area contributed by atoms with Gasteiger partial charge >= 0.3 is 0 Å². The fourth-order valence-corrected chi connectivity index (χ4v) is 3.01. The third-order valence-corrected chi connectivity index (χ3v) is 4.61. The molecule has 0 aromatic rings. The first-order valence-corrected chi connectivity index (χ1v) is 9.61. The highest BCUT2D eigenvalue weighted by Gasteiger charge is 2.19. The third-order valence-electron chi connectivity index (χ3n) is 4.25. The van der Waals surface area contributed by atoms with Crippen molar-refractivity contribution in [2.24, 2.45) is 0 Å². The topological polar surface area (TPSA) is 20.2 Å². The standard InChI is InChI=1S/C18H39ClNO.ClH/c1-4-5-6-7-8-9-10-11-12-13-14-15-20(2,3)17-18(21)16-19;/h18,21H,4-17H2,1-3H3;1H/q+1;/p-1. The lowest BCUT2D eigenvalue weighted by Gasteiger charge is -2.31. The van der Waals surface area contributed by atoms with Crippen LogP contribution >= 0.6 is 11.6 Å². The fourth-order valence-electron chi connectivity index (χ4n) is 2.91. The molecular weight excluding hydrogens is 317 g/mol. The minimum Gasteiger partial charge on any atom is -1.00 e. The zero-order chi connectivity index (χ0) is 16.0. The van der Waals surface area contributed by atoms with Gasteiger partial charge in [0.15, 0.2) is 0 Å². The second-order valence-corrected chi connectivity index (χ2v) is 7.49. The highest BCUT2D eigenvalue weighted by molar-refractivity contribution is 6.18. The van der Waals surface area contributed by atoms with Crippen molar-refractivity contribution < 1.29 is 22.0 Å². The van der Waals surface area contributed by atoms with Crippen LogP contribution in [-0.4, -0.2) is 48.8 Å². The number of quaternary nitrogens is 1. The summed E-state index contributed by atoms with van der Waals surface area (Å²) in [7, 11) is 4.37. The van der Waals surface area contributed by atoms with E-state index in [0.29, 0.717) is 5.88 Å². The van der Waals surface area contributed by atoms with Crippen LogP contribution in [0.4, 0.5) is 0 Å². The fraction of sp³-hybridized carbons (Fsp3) is 1.00. The molecule has 0 rings (SSSR count). The number of aliphatic hydroxyl groups excluding tert-OH is 1. The van der Waals surface area contributed by atoms with Gasteiger partial charge in [0.25, 0.3) is 0 Å². The molecule has 0 aliphatic heterocycles. The molecule has 22 heavy (non-hydrogen) atoms. The van der Waals surface area contributed by atoms with Crippen molar-refractivity contribution in [2.45, 2.75) is 83.7 Å². The zero-order valence-corrected chi connectivity index (χ0v) is 16.6. The molecule has 0 heterocycles. The van der Waals surface area contributed by atoms with Gasteiger partial charge in [-0.25, -0.2) is 0 Å². The van der Waals surface area contributed by atoms with Gasteiger partial charge in [0.2, 0.25) is 0 Å². The maximum atomic E-state index is 9.62. The second-order valence-electron chi connectivity index (χ2n) is 7.19. The van der Waals surface area contributed by atoms with E-state index in [-0.39, 0.29) is 18.5 Å². The van der Waals surface area contributed by atoms with Crippen LogP contribution in [0.5, 0.6) is 0 Å². The van der Waals surface area contributed by atoms with Crippen LogP contribution < -0.4 is 12.4 Å². The number of unbranched alkanes of at least 4 members (excludes halogenated alkanes) is 10. The molecule has 1 atom stereocenters. The summed E-state index contributed by atoms with van der Waals surface area (Å²) in [5, 5.41) is 9.62. The Morgan fingerprint density at radius 1 is 0.818 bits per heavy atom. The Kier molecular flexibility index (Phi) is 18.4. The Morgan fingerprint density at radius 3 is 1.64 bits per heavy atom. The molecule has 0 spiro atoms. The van der Waals surface area contributed by atoms with E-state index in [1.807, 2.05) is 0 Å². The minimum absolute atomic E-state index is 0. The summed E-state index contributed by atoms with van der Waals surface area (Å²) in [5.74, 6) is 0.347. The van der Waals surface area contributed by atoms with Gasteiger partial charge in [-0.2, -0.15) is 0 Å². The van der Waals surface area contributed by atoms with Crippen LogP contribution in [-0.2, 0) is 0 Å². The van der Waals surface area contributed by atoms with Crippen molar-refractivity contribution in [3.63, 3.8) is 0 Å². The number of alkyl halides is 1. The lowest BCUT2D eigenvalue weighted by Crippen LogP contribution is -3.00. The van der Waals surface area contributed by atoms with Crippen LogP contribution in [0.25, 0.3) is 0 Å². The van der Waals surface area contributed by atoms with Crippen LogP contribution in [0.1, 0.15) is 77.6 Å². The van der Waals surface area contributed by atoms with Crippen LogP contribution in [0.15, 0.2) is 0 Å². The quantitative estimate of drug-likeness (QED) is 0.270. The van der Waals surface area contributed by atoms with Crippen molar-refractivity contribution in [3.05, 3.63) is 0 Å². The summed E-state index contributed by atoms with van der Waals surface area (Å²) < 4.78 is 0.880. The zero-order valence-electron chi connectivity index (χ0n) is 15.1. The number of hydrogen-bond donors (Lipinski definition) is 1. The van der Waals surface area contributed by atoms with E-state index in [2.05, 4.69) is 21.0 Å². The van der Waals surface area contributed by atoms with Gasteiger partial charge in [0, 0.05) is 0 Å². The molecule has 1 unspecified atom stereocenters. The molecule has 0 aromatic heterocycles. The molecule has 136 valence electrons. The Hall–Kier alpha value is 0.500. The number of likely N-dealkylation sites (N-methyl/N-ethyl adjacent to an activating group) is 1. The number of halogens is 2. The predicted octanol–water partition coefficient (Wildman–Crippen LogP) is 1.98. The SMILES string of the molecule is CCCCCCCCCCCCC[N+](C)(C)CC(O)CCl.[Cl-]. The Bertz CT molecular complexity index is 225. The molecule has 0 bridgehead atoms. The second kappa shape index (κ2) is 16.4. The van der Waals surface area contributed by atoms with Crippen molar-refractivity contribution in [1.82, 2.24) is 0 Å². The molecule has 0 aromatic carbocycles. The van der Waals surface area contributed by atoms with E-state index >= 15 is 0 Å². The lowest BCUT2D eigenvalue weighted by atomic mass is 10.1. The average molecular weight is 356 g/mol. The van der Waals surface area contributed by atoms with Crippen molar-refractivity contribution in [3.8, 4) is 0 Å². The van der Waals surface area contributed by atoms with Crippen LogP contribution in [0.2, 0.25) is 0 Å². The minimum atomic E-state index is -0.366. The van der Waals surface area contributed by atoms with E-state index in [9.17, 15) is 5.11 Å². The van der Waals surface area contributed by atoms with Gasteiger partial charge in [-0.3, -0.25) is 0 Å². The average Bonchev–Trinajstić information content (AvgIpc) is 2.44. The first kappa shape index (κ1) is 24.7. The summed E-state index contributed by atoms with van der Waals surface area (Å²) in [4.78, 5) is 0. The highest BCUT2D eigenvalue weighted by atomic mass is 35.5. The van der Waals surface area contributed by atoms with Crippen molar-refractivity contribution >= 4 is 11.6 Å². The molecule has 0 fully saturated rings. The monoisotopic (exact) mass is 355 g/mol. The predicted molar refractivity (Wildman–Crippen MR) is 95.0 cm³/mol. The molecule has 2 nitrogen and oxygen atoms in total. The number of nitrogens with zero attached hydrogens (tertiary/aromatic N) is 1. The van der Waals surface area contributed by atoms with E-state index in [1.165, 1.54) is 70.6 Å². The summed E-state index contributed by atoms with van der Waals surface area (Å²) in [6.07, 6.45) is 14.9. The van der Waals surface area contributed by atoms with Gasteiger partial charge in [0.05, 0.1) is 26.5 Å². The van der Waals surface area contributed by atoms with E-state index < -0.39 is 0 Å². The first-order valence-electron chi connectivity index (χ1n) is 9.08. The highest BCUT2D eigenvalue weighted by Crippen LogP contribution is 2.12. The number of hydrogen-bond acceptors (Lipinski definition) is 1. The summed E-state index contributed by atoms with van der Waals surface area (Å²) >= 11 is 5.67. The summed E-state index contributed by atoms with van der Waals surface area (Å²) in [6.45, 7) is 4.18. The van der Waals surface area contributed by atoms with Gasteiger partial charge in [-0.15, -0.1) is 11.6 Å². The maximum absolute atomic E-state index is 9.62. The largest absolute Gasteiger partial charge is 1.00 e. The normalized spacial score (nSPS) is 13.0. The van der Waals surface area contributed by atoms with Gasteiger partial charge in [-0.1, -0.05) is 64.7 Å². The molecule has 0 radical (unpaired) electrons. The van der Waals surface area contributed by atoms with E-state index in [0.717, 1.165) is 17.6 Å². The summed E-state index contributed by atoms with van der Waals surface area (Å²) in [5.41, 5.74) is 0. The smallest absolute Gasteiger partial charge is 0.116 e. The molecule has 0 aliphatic carbocycles. The Morgan fingerprint density at radius 2 is 1.23 bits per heavy atom. The Balaban J connectivity index is 0. The van der Waals surface area contributed by atoms with Gasteiger partial charge < -0.3 is 22.0 Å². The summed E-state index contributed by atoms with van der Waals surface area (Å²) in [6, 6.07) is 0. The van der Waals surface area contributed by atoms with Crippen LogP contribution in [0.3, 0.4) is 0 Å². The molecule has 4 heteroatoms.